The van der Waals surface area contributed by atoms with Gasteiger partial charge in [-0.1, -0.05) is 11.6 Å². The van der Waals surface area contributed by atoms with Gasteiger partial charge in [-0.15, -0.1) is 11.6 Å². The van der Waals surface area contributed by atoms with Crippen molar-refractivity contribution in [2.45, 2.75) is 5.88 Å². The van der Waals surface area contributed by atoms with Gasteiger partial charge in [-0.3, -0.25) is 0 Å². The topological polar surface area (TPSA) is 0 Å². The Balaban J connectivity index is 3.24. The van der Waals surface area contributed by atoms with E-state index in [1.54, 1.807) is 0 Å². The van der Waals surface area contributed by atoms with Crippen LogP contribution in [0.3, 0.4) is 0 Å². The first-order valence-corrected chi connectivity index (χ1v) is 4.55. The lowest BCUT2D eigenvalue weighted by atomic mass is 10.2. The fraction of sp³-hybridized carbons (Fsp3) is 0.143. The van der Waals surface area contributed by atoms with Gasteiger partial charge in [0.2, 0.25) is 0 Å². The van der Waals surface area contributed by atoms with Crippen LogP contribution in [0.1, 0.15) is 5.56 Å². The zero-order valence-corrected chi connectivity index (χ0v) is 8.47. The maximum atomic E-state index is 13.0. The van der Waals surface area contributed by atoms with Crippen LogP contribution in [-0.4, -0.2) is 0 Å². The van der Waals surface area contributed by atoms with Crippen LogP contribution >= 0.6 is 39.1 Å². The molecule has 0 aliphatic carbocycles. The predicted molar refractivity (Wildman–Crippen MR) is 48.7 cm³/mol. The van der Waals surface area contributed by atoms with Crippen LogP contribution < -0.4 is 0 Å². The minimum atomic E-state index is -0.343. The zero-order chi connectivity index (χ0) is 8.43. The lowest BCUT2D eigenvalue weighted by Gasteiger charge is -2.00. The van der Waals surface area contributed by atoms with Crippen molar-refractivity contribution in [1.29, 1.82) is 0 Å². The summed E-state index contributed by atoms with van der Waals surface area (Å²) < 4.78 is 13.3. The summed E-state index contributed by atoms with van der Waals surface area (Å²) in [5, 5.41) is 0.480. The highest BCUT2D eigenvalue weighted by Crippen LogP contribution is 2.25. The van der Waals surface area contributed by atoms with Crippen molar-refractivity contribution in [3.8, 4) is 0 Å². The van der Waals surface area contributed by atoms with E-state index in [0.717, 1.165) is 0 Å². The molecule has 0 amide bonds. The lowest BCUT2D eigenvalue weighted by Crippen LogP contribution is -1.87. The molecular formula is C7H4BrCl2F. The third kappa shape index (κ3) is 2.08. The van der Waals surface area contributed by atoms with Crippen LogP contribution in [-0.2, 0) is 5.88 Å². The molecule has 0 nitrogen and oxygen atoms in total. The monoisotopic (exact) mass is 256 g/mol. The van der Waals surface area contributed by atoms with Gasteiger partial charge in [0.25, 0.3) is 0 Å². The van der Waals surface area contributed by atoms with E-state index in [2.05, 4.69) is 15.9 Å². The van der Waals surface area contributed by atoms with Crippen LogP contribution in [0.4, 0.5) is 4.39 Å². The fourth-order valence-corrected chi connectivity index (χ4v) is 1.77. The number of benzene rings is 1. The molecule has 1 aromatic rings. The number of halogens is 4. The molecule has 1 rings (SSSR count). The van der Waals surface area contributed by atoms with Crippen molar-refractivity contribution in [3.63, 3.8) is 0 Å². The molecule has 0 aliphatic rings. The summed E-state index contributed by atoms with van der Waals surface area (Å²) in [5.41, 5.74) is 0.408. The summed E-state index contributed by atoms with van der Waals surface area (Å²) in [6.45, 7) is 0. The molecule has 0 aliphatic heterocycles. The molecule has 0 aromatic heterocycles. The number of hydrogen-bond donors (Lipinski definition) is 0. The van der Waals surface area contributed by atoms with Gasteiger partial charge in [0.15, 0.2) is 0 Å². The fourth-order valence-electron chi connectivity index (χ4n) is 0.707. The summed E-state index contributed by atoms with van der Waals surface area (Å²) in [6.07, 6.45) is 0. The quantitative estimate of drug-likeness (QED) is 0.527. The third-order valence-corrected chi connectivity index (χ3v) is 2.30. The summed E-state index contributed by atoms with van der Waals surface area (Å²) >= 11 is 14.1. The van der Waals surface area contributed by atoms with Crippen LogP contribution in [0.5, 0.6) is 0 Å². The molecule has 0 saturated heterocycles. The second kappa shape index (κ2) is 3.74. The summed E-state index contributed by atoms with van der Waals surface area (Å²) in [6, 6.07) is 3.00. The van der Waals surface area contributed by atoms with E-state index in [0.29, 0.717) is 15.1 Å². The lowest BCUT2D eigenvalue weighted by molar-refractivity contribution is 0.610. The molecule has 4 heteroatoms. The molecule has 60 valence electrons. The molecule has 0 fully saturated rings. The van der Waals surface area contributed by atoms with Crippen molar-refractivity contribution in [2.75, 3.05) is 0 Å². The third-order valence-electron chi connectivity index (χ3n) is 1.21. The number of rotatable bonds is 1. The molecule has 0 heterocycles. The van der Waals surface area contributed by atoms with Crippen LogP contribution in [0.25, 0.3) is 0 Å². The highest BCUT2D eigenvalue weighted by molar-refractivity contribution is 9.10. The normalized spacial score (nSPS) is 10.2. The van der Waals surface area contributed by atoms with Gasteiger partial charge >= 0.3 is 0 Å². The van der Waals surface area contributed by atoms with Gasteiger partial charge in [0.05, 0.1) is 10.4 Å². The minimum Gasteiger partial charge on any atom is -0.205 e. The molecule has 0 saturated carbocycles. The molecule has 0 atom stereocenters. The van der Waals surface area contributed by atoms with Gasteiger partial charge in [-0.2, -0.15) is 0 Å². The molecule has 0 bridgehead atoms. The van der Waals surface area contributed by atoms with E-state index in [4.69, 9.17) is 23.2 Å². The highest BCUT2D eigenvalue weighted by Gasteiger charge is 2.06. The minimum absolute atomic E-state index is 0.130. The number of hydrogen-bond acceptors (Lipinski definition) is 0. The molecule has 11 heavy (non-hydrogen) atoms. The SMILES string of the molecule is Fc1c(Br)cc(Cl)cc1CCl. The van der Waals surface area contributed by atoms with Gasteiger partial charge in [-0.05, 0) is 28.1 Å². The van der Waals surface area contributed by atoms with Crippen molar-refractivity contribution in [1.82, 2.24) is 0 Å². The standard InChI is InChI=1S/C7H4BrCl2F/c8-6-2-5(10)1-4(3-9)7(6)11/h1-2H,3H2. The van der Waals surface area contributed by atoms with E-state index in [1.165, 1.54) is 12.1 Å². The van der Waals surface area contributed by atoms with Crippen molar-refractivity contribution < 1.29 is 4.39 Å². The summed E-state index contributed by atoms with van der Waals surface area (Å²) in [7, 11) is 0. The molecular weight excluding hydrogens is 254 g/mol. The van der Waals surface area contributed by atoms with E-state index < -0.39 is 0 Å². The molecule has 1 aromatic carbocycles. The van der Waals surface area contributed by atoms with Gasteiger partial charge in [-0.25, -0.2) is 4.39 Å². The Hall–Kier alpha value is 0.210. The Bertz CT molecular complexity index is 275. The van der Waals surface area contributed by atoms with E-state index in [1.807, 2.05) is 0 Å². The first kappa shape index (κ1) is 9.30. The number of alkyl halides is 1. The van der Waals surface area contributed by atoms with E-state index >= 15 is 0 Å². The first-order valence-electron chi connectivity index (χ1n) is 2.84. The van der Waals surface area contributed by atoms with E-state index in [-0.39, 0.29) is 11.7 Å². The van der Waals surface area contributed by atoms with Crippen LogP contribution in [0, 0.1) is 5.82 Å². The van der Waals surface area contributed by atoms with Crippen LogP contribution in [0.15, 0.2) is 16.6 Å². The highest BCUT2D eigenvalue weighted by atomic mass is 79.9. The predicted octanol–water partition coefficient (Wildman–Crippen LogP) is 3.98. The molecule has 0 spiro atoms. The zero-order valence-electron chi connectivity index (χ0n) is 5.37. The maximum Gasteiger partial charge on any atom is 0.141 e. The van der Waals surface area contributed by atoms with Gasteiger partial charge < -0.3 is 0 Å². The first-order chi connectivity index (χ1) is 5.15. The Morgan fingerprint density at radius 2 is 2.09 bits per heavy atom. The second-order valence-electron chi connectivity index (χ2n) is 1.99. The average molecular weight is 258 g/mol. The van der Waals surface area contributed by atoms with Crippen LogP contribution in [0.2, 0.25) is 5.02 Å². The summed E-state index contributed by atoms with van der Waals surface area (Å²) in [4.78, 5) is 0. The smallest absolute Gasteiger partial charge is 0.141 e. The second-order valence-corrected chi connectivity index (χ2v) is 3.55. The van der Waals surface area contributed by atoms with Crippen molar-refractivity contribution in [3.05, 3.63) is 33.0 Å². The Labute approximate surface area is 82.4 Å². The Morgan fingerprint density at radius 3 is 2.64 bits per heavy atom. The van der Waals surface area contributed by atoms with Gasteiger partial charge in [0.1, 0.15) is 5.82 Å². The molecule has 0 N–H and O–H groups in total. The average Bonchev–Trinajstić information content (AvgIpc) is 1.96. The Kier molecular flexibility index (Phi) is 3.16. The van der Waals surface area contributed by atoms with Crippen molar-refractivity contribution in [2.24, 2.45) is 0 Å². The summed E-state index contributed by atoms with van der Waals surface area (Å²) in [5.74, 6) is -0.213. The molecule has 0 unspecified atom stereocenters. The van der Waals surface area contributed by atoms with Gasteiger partial charge in [0, 0.05) is 10.6 Å². The van der Waals surface area contributed by atoms with Crippen molar-refractivity contribution >= 4 is 39.1 Å². The molecule has 0 radical (unpaired) electrons. The Morgan fingerprint density at radius 1 is 1.45 bits per heavy atom. The van der Waals surface area contributed by atoms with E-state index in [9.17, 15) is 4.39 Å². The maximum absolute atomic E-state index is 13.0. The largest absolute Gasteiger partial charge is 0.205 e.